The van der Waals surface area contributed by atoms with Crippen LogP contribution in [0.15, 0.2) is 0 Å². The highest BCUT2D eigenvalue weighted by Gasteiger charge is 2.02. The van der Waals surface area contributed by atoms with Gasteiger partial charge in [-0.05, 0) is 0 Å². The SMILES string of the molecule is O=CN1CCOCCOCCOCCOCCOCC1. The first-order valence-electron chi connectivity index (χ1n) is 7.01. The first kappa shape index (κ1) is 17.3. The number of nitrogens with zero attached hydrogens (tertiary/aromatic N) is 1. The van der Waals surface area contributed by atoms with Crippen LogP contribution in [0.1, 0.15) is 0 Å². The fourth-order valence-corrected chi connectivity index (χ4v) is 1.56. The second-order valence-corrected chi connectivity index (χ2v) is 4.20. The predicted molar refractivity (Wildman–Crippen MR) is 71.7 cm³/mol. The average Bonchev–Trinajstić information content (AvgIpc) is 2.47. The van der Waals surface area contributed by atoms with E-state index < -0.39 is 0 Å². The summed E-state index contributed by atoms with van der Waals surface area (Å²) >= 11 is 0. The first-order chi connectivity index (χ1) is 9.93. The number of amides is 1. The second kappa shape index (κ2) is 13.3. The van der Waals surface area contributed by atoms with Crippen LogP contribution in [0.5, 0.6) is 0 Å². The highest BCUT2D eigenvalue weighted by molar-refractivity contribution is 5.46. The normalized spacial score (nSPS) is 22.7. The second-order valence-electron chi connectivity index (χ2n) is 4.20. The summed E-state index contributed by atoms with van der Waals surface area (Å²) in [6, 6.07) is 0. The van der Waals surface area contributed by atoms with E-state index in [1.54, 1.807) is 4.90 Å². The molecule has 1 amide bonds. The van der Waals surface area contributed by atoms with E-state index in [1.807, 2.05) is 0 Å². The van der Waals surface area contributed by atoms with Crippen molar-refractivity contribution >= 4 is 6.41 Å². The van der Waals surface area contributed by atoms with Crippen LogP contribution in [-0.2, 0) is 28.5 Å². The fourth-order valence-electron chi connectivity index (χ4n) is 1.56. The van der Waals surface area contributed by atoms with E-state index in [1.165, 1.54) is 0 Å². The Morgan fingerprint density at radius 2 is 0.850 bits per heavy atom. The molecule has 0 aromatic heterocycles. The lowest BCUT2D eigenvalue weighted by Crippen LogP contribution is -2.30. The summed E-state index contributed by atoms with van der Waals surface area (Å²) < 4.78 is 26.8. The zero-order valence-corrected chi connectivity index (χ0v) is 12.0. The molecule has 1 aliphatic heterocycles. The van der Waals surface area contributed by atoms with Crippen molar-refractivity contribution in [1.82, 2.24) is 4.90 Å². The largest absolute Gasteiger partial charge is 0.377 e. The van der Waals surface area contributed by atoms with E-state index in [4.69, 9.17) is 23.7 Å². The number of carbonyl (C=O) groups is 1. The van der Waals surface area contributed by atoms with E-state index in [2.05, 4.69) is 0 Å². The minimum atomic E-state index is 0.502. The molecule has 1 heterocycles. The molecule has 0 aromatic carbocycles. The molecule has 0 bridgehead atoms. The van der Waals surface area contributed by atoms with Crippen LogP contribution in [0.2, 0.25) is 0 Å². The first-order valence-corrected chi connectivity index (χ1v) is 7.01. The third-order valence-corrected chi connectivity index (χ3v) is 2.68. The molecular weight excluding hydrogens is 266 g/mol. The van der Waals surface area contributed by atoms with Crippen molar-refractivity contribution in [3.05, 3.63) is 0 Å². The standard InChI is InChI=1S/C13H25NO6/c15-13-14-1-3-16-5-7-18-9-11-20-12-10-19-8-6-17-4-2-14/h13H,1-12H2. The molecule has 1 fully saturated rings. The molecule has 0 saturated carbocycles. The summed E-state index contributed by atoms with van der Waals surface area (Å²) in [5, 5.41) is 0. The maximum absolute atomic E-state index is 10.8. The molecule has 1 saturated heterocycles. The van der Waals surface area contributed by atoms with Gasteiger partial charge in [-0.2, -0.15) is 0 Å². The maximum atomic E-state index is 10.8. The van der Waals surface area contributed by atoms with Crippen molar-refractivity contribution < 1.29 is 28.5 Å². The number of hydrogen-bond donors (Lipinski definition) is 0. The zero-order chi connectivity index (χ0) is 14.3. The third kappa shape index (κ3) is 10.1. The van der Waals surface area contributed by atoms with E-state index in [-0.39, 0.29) is 0 Å². The Morgan fingerprint density at radius 3 is 1.15 bits per heavy atom. The van der Waals surface area contributed by atoms with E-state index in [0.29, 0.717) is 79.2 Å². The zero-order valence-electron chi connectivity index (χ0n) is 12.0. The Labute approximate surface area is 120 Å². The van der Waals surface area contributed by atoms with Crippen molar-refractivity contribution in [1.29, 1.82) is 0 Å². The quantitative estimate of drug-likeness (QED) is 0.609. The Hall–Kier alpha value is -0.730. The van der Waals surface area contributed by atoms with E-state index in [9.17, 15) is 4.79 Å². The van der Waals surface area contributed by atoms with Gasteiger partial charge in [-0.15, -0.1) is 0 Å². The van der Waals surface area contributed by atoms with Gasteiger partial charge >= 0.3 is 0 Å². The van der Waals surface area contributed by atoms with Crippen LogP contribution in [-0.4, -0.2) is 90.5 Å². The molecule has 1 rings (SSSR count). The molecule has 20 heavy (non-hydrogen) atoms. The van der Waals surface area contributed by atoms with Gasteiger partial charge < -0.3 is 28.6 Å². The maximum Gasteiger partial charge on any atom is 0.209 e. The summed E-state index contributed by atoms with van der Waals surface area (Å²) in [6.07, 6.45) is 0.815. The highest BCUT2D eigenvalue weighted by atomic mass is 16.6. The topological polar surface area (TPSA) is 66.5 Å². The monoisotopic (exact) mass is 291 g/mol. The van der Waals surface area contributed by atoms with Crippen molar-refractivity contribution in [2.45, 2.75) is 0 Å². The fraction of sp³-hybridized carbons (Fsp3) is 0.923. The summed E-state index contributed by atoms with van der Waals surface area (Å²) in [7, 11) is 0. The molecule has 0 spiro atoms. The van der Waals surface area contributed by atoms with Crippen LogP contribution in [0.4, 0.5) is 0 Å². The molecule has 0 radical (unpaired) electrons. The summed E-state index contributed by atoms with van der Waals surface area (Å²) in [5.41, 5.74) is 0. The average molecular weight is 291 g/mol. The Kier molecular flexibility index (Phi) is 11.5. The minimum absolute atomic E-state index is 0.502. The Morgan fingerprint density at radius 1 is 0.550 bits per heavy atom. The van der Waals surface area contributed by atoms with E-state index in [0.717, 1.165) is 6.41 Å². The van der Waals surface area contributed by atoms with Crippen LogP contribution in [0, 0.1) is 0 Å². The number of hydrogen-bond acceptors (Lipinski definition) is 6. The lowest BCUT2D eigenvalue weighted by molar-refractivity contribution is -0.119. The predicted octanol–water partition coefficient (Wildman–Crippen LogP) is -0.459. The molecule has 118 valence electrons. The molecule has 0 unspecified atom stereocenters. The lowest BCUT2D eigenvalue weighted by atomic mass is 10.5. The summed E-state index contributed by atoms with van der Waals surface area (Å²) in [5.74, 6) is 0. The number of rotatable bonds is 1. The van der Waals surface area contributed by atoms with Gasteiger partial charge in [0.1, 0.15) is 0 Å². The van der Waals surface area contributed by atoms with Crippen LogP contribution in [0.3, 0.4) is 0 Å². The molecule has 0 atom stereocenters. The van der Waals surface area contributed by atoms with Gasteiger partial charge in [-0.3, -0.25) is 4.79 Å². The molecule has 0 N–H and O–H groups in total. The van der Waals surface area contributed by atoms with Gasteiger partial charge in [-0.25, -0.2) is 0 Å². The Balaban J connectivity index is 2.16. The smallest absolute Gasteiger partial charge is 0.209 e. The van der Waals surface area contributed by atoms with Gasteiger partial charge in [0.2, 0.25) is 6.41 Å². The van der Waals surface area contributed by atoms with Gasteiger partial charge in [-0.1, -0.05) is 0 Å². The van der Waals surface area contributed by atoms with Gasteiger partial charge in [0.05, 0.1) is 66.1 Å². The van der Waals surface area contributed by atoms with Crippen LogP contribution < -0.4 is 0 Å². The van der Waals surface area contributed by atoms with E-state index >= 15 is 0 Å². The van der Waals surface area contributed by atoms with Gasteiger partial charge in [0.25, 0.3) is 0 Å². The minimum Gasteiger partial charge on any atom is -0.377 e. The Bertz CT molecular complexity index is 211. The molecule has 0 aliphatic carbocycles. The highest BCUT2D eigenvalue weighted by Crippen LogP contribution is 1.88. The summed E-state index contributed by atoms with van der Waals surface area (Å²) in [4.78, 5) is 12.5. The van der Waals surface area contributed by atoms with Crippen molar-refractivity contribution in [2.24, 2.45) is 0 Å². The molecule has 1 aliphatic rings. The van der Waals surface area contributed by atoms with Crippen LogP contribution in [0.25, 0.3) is 0 Å². The van der Waals surface area contributed by atoms with Gasteiger partial charge in [0, 0.05) is 13.1 Å². The molecule has 0 aromatic rings. The summed E-state index contributed by atoms with van der Waals surface area (Å²) in [6.45, 7) is 6.44. The molecular formula is C13H25NO6. The molecule has 7 nitrogen and oxygen atoms in total. The lowest BCUT2D eigenvalue weighted by Gasteiger charge is -2.17. The van der Waals surface area contributed by atoms with Crippen molar-refractivity contribution in [2.75, 3.05) is 79.2 Å². The molecule has 7 heteroatoms. The number of ether oxygens (including phenoxy) is 5. The van der Waals surface area contributed by atoms with Crippen molar-refractivity contribution in [3.8, 4) is 0 Å². The van der Waals surface area contributed by atoms with Crippen LogP contribution >= 0.6 is 0 Å². The number of carbonyl (C=O) groups excluding carboxylic acids is 1. The van der Waals surface area contributed by atoms with Crippen molar-refractivity contribution in [3.63, 3.8) is 0 Å². The van der Waals surface area contributed by atoms with Gasteiger partial charge in [0.15, 0.2) is 0 Å². The third-order valence-electron chi connectivity index (χ3n) is 2.68.